The summed E-state index contributed by atoms with van der Waals surface area (Å²) in [5.41, 5.74) is -0.0705. The predicted molar refractivity (Wildman–Crippen MR) is 70.7 cm³/mol. The number of fused-ring (bicyclic) bond motifs is 1. The highest BCUT2D eigenvalue weighted by atomic mass is 19.3. The summed E-state index contributed by atoms with van der Waals surface area (Å²) in [4.78, 5) is 25.3. The van der Waals surface area contributed by atoms with Crippen LogP contribution in [0.25, 0.3) is 0 Å². The first-order valence-corrected chi connectivity index (χ1v) is 6.53. The molecule has 1 amide bonds. The van der Waals surface area contributed by atoms with Gasteiger partial charge in [-0.2, -0.15) is 13.9 Å². The van der Waals surface area contributed by atoms with Crippen molar-refractivity contribution in [2.24, 2.45) is 0 Å². The molecule has 7 nitrogen and oxygen atoms in total. The Morgan fingerprint density at radius 2 is 2.18 bits per heavy atom. The van der Waals surface area contributed by atoms with E-state index >= 15 is 0 Å². The number of carbonyl (C=O) groups excluding carboxylic acids is 1. The van der Waals surface area contributed by atoms with Crippen LogP contribution in [-0.4, -0.2) is 38.7 Å². The van der Waals surface area contributed by atoms with E-state index in [1.54, 1.807) is 0 Å². The van der Waals surface area contributed by atoms with E-state index in [-0.39, 0.29) is 29.5 Å². The number of benzene rings is 1. The molecule has 22 heavy (non-hydrogen) atoms. The molecule has 1 aromatic carbocycles. The molecule has 1 aromatic heterocycles. The fourth-order valence-corrected chi connectivity index (χ4v) is 2.33. The SMILES string of the molecule is O=C(c1cccc(OC(F)F)c1)N1CCn2c(n[nH]c2=O)C1. The van der Waals surface area contributed by atoms with Crippen molar-refractivity contribution in [1.29, 1.82) is 0 Å². The number of alkyl halides is 2. The number of rotatable bonds is 3. The number of nitrogens with zero attached hydrogens (tertiary/aromatic N) is 3. The highest BCUT2D eigenvalue weighted by Crippen LogP contribution is 2.18. The Hall–Kier alpha value is -2.71. The topological polar surface area (TPSA) is 80.2 Å². The lowest BCUT2D eigenvalue weighted by Crippen LogP contribution is -2.40. The third-order valence-corrected chi connectivity index (χ3v) is 3.36. The molecule has 0 saturated heterocycles. The second-order valence-corrected chi connectivity index (χ2v) is 4.73. The number of aromatic nitrogens is 3. The van der Waals surface area contributed by atoms with Crippen molar-refractivity contribution in [3.05, 3.63) is 46.1 Å². The zero-order valence-electron chi connectivity index (χ0n) is 11.3. The summed E-state index contributed by atoms with van der Waals surface area (Å²) in [5, 5.41) is 6.17. The summed E-state index contributed by atoms with van der Waals surface area (Å²) in [6.07, 6.45) is 0. The van der Waals surface area contributed by atoms with E-state index in [4.69, 9.17) is 0 Å². The summed E-state index contributed by atoms with van der Waals surface area (Å²) in [5.74, 6) is 0.0561. The van der Waals surface area contributed by atoms with Crippen LogP contribution >= 0.6 is 0 Å². The van der Waals surface area contributed by atoms with Crippen LogP contribution in [0.2, 0.25) is 0 Å². The summed E-state index contributed by atoms with van der Waals surface area (Å²) >= 11 is 0. The van der Waals surface area contributed by atoms with Crippen molar-refractivity contribution < 1.29 is 18.3 Å². The third-order valence-electron chi connectivity index (χ3n) is 3.36. The van der Waals surface area contributed by atoms with Crippen LogP contribution in [0, 0.1) is 0 Å². The normalized spacial score (nSPS) is 14.0. The number of ether oxygens (including phenoxy) is 1. The van der Waals surface area contributed by atoms with Gasteiger partial charge in [0.25, 0.3) is 5.91 Å². The van der Waals surface area contributed by atoms with Gasteiger partial charge in [0.2, 0.25) is 0 Å². The van der Waals surface area contributed by atoms with Gasteiger partial charge < -0.3 is 9.64 Å². The molecule has 116 valence electrons. The van der Waals surface area contributed by atoms with Crippen molar-refractivity contribution >= 4 is 5.91 Å². The average molecular weight is 310 g/mol. The lowest BCUT2D eigenvalue weighted by molar-refractivity contribution is -0.0499. The number of aromatic amines is 1. The minimum Gasteiger partial charge on any atom is -0.435 e. The number of H-pyrrole nitrogens is 1. The Morgan fingerprint density at radius 3 is 2.95 bits per heavy atom. The summed E-state index contributed by atoms with van der Waals surface area (Å²) < 4.78 is 30.2. The molecule has 0 radical (unpaired) electrons. The van der Waals surface area contributed by atoms with Crippen molar-refractivity contribution in [2.45, 2.75) is 19.7 Å². The fourth-order valence-electron chi connectivity index (χ4n) is 2.33. The molecular formula is C13H12F2N4O3. The highest BCUT2D eigenvalue weighted by Gasteiger charge is 2.24. The Kier molecular flexibility index (Phi) is 3.61. The molecule has 9 heteroatoms. The van der Waals surface area contributed by atoms with E-state index in [1.807, 2.05) is 0 Å². The monoisotopic (exact) mass is 310 g/mol. The molecule has 0 spiro atoms. The first-order valence-electron chi connectivity index (χ1n) is 6.53. The number of carbonyl (C=O) groups is 1. The van der Waals surface area contributed by atoms with Gasteiger partial charge in [-0.15, -0.1) is 0 Å². The minimum atomic E-state index is -2.95. The van der Waals surface area contributed by atoms with Crippen molar-refractivity contribution in [2.75, 3.05) is 6.54 Å². The summed E-state index contributed by atoms with van der Waals surface area (Å²) in [6, 6.07) is 5.61. The van der Waals surface area contributed by atoms with E-state index in [9.17, 15) is 18.4 Å². The van der Waals surface area contributed by atoms with Gasteiger partial charge in [0.05, 0.1) is 6.54 Å². The molecular weight excluding hydrogens is 298 g/mol. The van der Waals surface area contributed by atoms with Gasteiger partial charge in [-0.05, 0) is 18.2 Å². The first-order chi connectivity index (χ1) is 10.5. The Bertz CT molecular complexity index is 756. The highest BCUT2D eigenvalue weighted by molar-refractivity contribution is 5.94. The van der Waals surface area contributed by atoms with Crippen LogP contribution in [0.5, 0.6) is 5.75 Å². The smallest absolute Gasteiger partial charge is 0.387 e. The molecule has 3 rings (SSSR count). The number of hydrogen-bond acceptors (Lipinski definition) is 4. The molecule has 1 N–H and O–H groups in total. The van der Waals surface area contributed by atoms with Crippen LogP contribution in [0.15, 0.2) is 29.1 Å². The van der Waals surface area contributed by atoms with Gasteiger partial charge in [-0.25, -0.2) is 9.89 Å². The second kappa shape index (κ2) is 5.58. The predicted octanol–water partition coefficient (Wildman–Crippen LogP) is 0.829. The van der Waals surface area contributed by atoms with E-state index in [0.29, 0.717) is 18.9 Å². The summed E-state index contributed by atoms with van der Waals surface area (Å²) in [7, 11) is 0. The van der Waals surface area contributed by atoms with Crippen LogP contribution < -0.4 is 10.4 Å². The van der Waals surface area contributed by atoms with Crippen molar-refractivity contribution in [3.63, 3.8) is 0 Å². The standard InChI is InChI=1S/C13H12F2N4O3/c14-12(15)22-9-3-1-2-8(6-9)11(20)18-4-5-19-10(7-18)16-17-13(19)21/h1-3,6,12H,4-5,7H2,(H,17,21). The molecule has 0 fully saturated rings. The van der Waals surface area contributed by atoms with Gasteiger partial charge >= 0.3 is 12.3 Å². The van der Waals surface area contributed by atoms with E-state index in [1.165, 1.54) is 33.7 Å². The maximum Gasteiger partial charge on any atom is 0.387 e. The molecule has 1 aliphatic heterocycles. The van der Waals surface area contributed by atoms with Gasteiger partial charge in [0.1, 0.15) is 5.75 Å². The van der Waals surface area contributed by atoms with Crippen LogP contribution in [0.3, 0.4) is 0 Å². The summed E-state index contributed by atoms with van der Waals surface area (Å²) in [6.45, 7) is -2.09. The maximum absolute atomic E-state index is 12.4. The van der Waals surface area contributed by atoms with Crippen molar-refractivity contribution in [3.8, 4) is 5.75 Å². The van der Waals surface area contributed by atoms with Crippen LogP contribution in [0.1, 0.15) is 16.2 Å². The Morgan fingerprint density at radius 1 is 1.36 bits per heavy atom. The van der Waals surface area contributed by atoms with E-state index in [0.717, 1.165) is 0 Å². The third kappa shape index (κ3) is 2.69. The molecule has 1 aliphatic rings. The number of amides is 1. The lowest BCUT2D eigenvalue weighted by Gasteiger charge is -2.26. The molecule has 0 atom stereocenters. The minimum absolute atomic E-state index is 0.0745. The Balaban J connectivity index is 1.79. The van der Waals surface area contributed by atoms with Gasteiger partial charge in [-0.1, -0.05) is 6.07 Å². The molecule has 0 bridgehead atoms. The zero-order valence-corrected chi connectivity index (χ0v) is 11.3. The zero-order chi connectivity index (χ0) is 15.7. The van der Waals surface area contributed by atoms with Gasteiger partial charge in [0.15, 0.2) is 5.82 Å². The number of hydrogen-bond donors (Lipinski definition) is 1. The van der Waals surface area contributed by atoms with Crippen LogP contribution in [0.4, 0.5) is 8.78 Å². The molecule has 2 heterocycles. The average Bonchev–Trinajstić information content (AvgIpc) is 2.87. The van der Waals surface area contributed by atoms with Crippen molar-refractivity contribution in [1.82, 2.24) is 19.7 Å². The lowest BCUT2D eigenvalue weighted by atomic mass is 10.1. The Labute approximate surface area is 123 Å². The molecule has 0 saturated carbocycles. The number of halogens is 2. The van der Waals surface area contributed by atoms with E-state index in [2.05, 4.69) is 14.9 Å². The van der Waals surface area contributed by atoms with Crippen LogP contribution in [-0.2, 0) is 13.1 Å². The molecule has 0 unspecified atom stereocenters. The number of nitrogens with one attached hydrogen (secondary N) is 1. The quantitative estimate of drug-likeness (QED) is 0.910. The molecule has 2 aromatic rings. The first kappa shape index (κ1) is 14.2. The largest absolute Gasteiger partial charge is 0.435 e. The van der Waals surface area contributed by atoms with Gasteiger partial charge in [-0.3, -0.25) is 9.36 Å². The fraction of sp³-hybridized carbons (Fsp3) is 0.308. The second-order valence-electron chi connectivity index (χ2n) is 4.73. The van der Waals surface area contributed by atoms with E-state index < -0.39 is 6.61 Å². The van der Waals surface area contributed by atoms with Gasteiger partial charge in [0, 0.05) is 18.7 Å². The maximum atomic E-state index is 12.4. The molecule has 0 aliphatic carbocycles.